The molecule has 0 bridgehead atoms. The van der Waals surface area contributed by atoms with E-state index >= 15 is 0 Å². The van der Waals surface area contributed by atoms with Crippen molar-refractivity contribution >= 4 is 48.6 Å². The van der Waals surface area contributed by atoms with Crippen LogP contribution in [0, 0.1) is 11.6 Å². The Morgan fingerprint density at radius 3 is 2.34 bits per heavy atom. The van der Waals surface area contributed by atoms with Gasteiger partial charge in [0.1, 0.15) is 17.7 Å². The second-order valence-electron chi connectivity index (χ2n) is 6.11. The van der Waals surface area contributed by atoms with E-state index in [2.05, 4.69) is 15.1 Å². The molecule has 1 aliphatic heterocycles. The van der Waals surface area contributed by atoms with Crippen LogP contribution in [0.15, 0.2) is 40.5 Å². The molecule has 150 valence electrons. The molecule has 0 spiro atoms. The van der Waals surface area contributed by atoms with Crippen molar-refractivity contribution in [2.75, 3.05) is 0 Å². The number of hydrogen-bond acceptors (Lipinski definition) is 5. The highest BCUT2D eigenvalue weighted by Gasteiger charge is 2.32. The number of aliphatic imine (C=N–C) groups is 1. The molecule has 1 atom stereocenters. The van der Waals surface area contributed by atoms with Gasteiger partial charge in [-0.1, -0.05) is 29.3 Å². The Morgan fingerprint density at radius 1 is 1.07 bits per heavy atom. The molecule has 2 aromatic carbocycles. The fourth-order valence-corrected chi connectivity index (χ4v) is 4.01. The number of nitrogens with zero attached hydrogens (tertiary/aromatic N) is 4. The van der Waals surface area contributed by atoms with E-state index in [0.717, 1.165) is 12.1 Å². The highest BCUT2D eigenvalue weighted by molar-refractivity contribution is 8.13. The van der Waals surface area contributed by atoms with Gasteiger partial charge in [0.05, 0.1) is 27.0 Å². The van der Waals surface area contributed by atoms with Crippen molar-refractivity contribution in [2.24, 2.45) is 4.99 Å². The third-order valence-corrected chi connectivity index (χ3v) is 6.09. The van der Waals surface area contributed by atoms with Crippen LogP contribution in [0.4, 0.5) is 8.78 Å². The third-order valence-electron chi connectivity index (χ3n) is 4.26. The van der Waals surface area contributed by atoms with Gasteiger partial charge in [0.15, 0.2) is 5.82 Å². The predicted octanol–water partition coefficient (Wildman–Crippen LogP) is 4.69. The first-order chi connectivity index (χ1) is 13.6. The molecule has 0 amide bonds. The number of aromatic nitrogens is 3. The topological polar surface area (TPSA) is 77.2 Å². The van der Waals surface area contributed by atoms with Gasteiger partial charge in [0.2, 0.25) is 0 Å². The van der Waals surface area contributed by atoms with Crippen molar-refractivity contribution in [1.82, 2.24) is 14.8 Å². The van der Waals surface area contributed by atoms with E-state index in [1.54, 1.807) is 6.92 Å². The average Bonchev–Trinajstić information content (AvgIpc) is 3.04. The average molecular weight is 478 g/mol. The molecule has 29 heavy (non-hydrogen) atoms. The zero-order chi connectivity index (χ0) is 21.1. The maximum Gasteiger partial charge on any atom is 0.298 e. The molecule has 0 fully saturated rings. The molecule has 3 aromatic rings. The highest BCUT2D eigenvalue weighted by Crippen LogP contribution is 2.38. The molecule has 0 N–H and O–H groups in total. The molecular formula is C17H9Cl3F2N4O2S. The molecule has 0 saturated heterocycles. The second kappa shape index (κ2) is 7.02. The Labute approximate surface area is 178 Å². The Hall–Kier alpha value is -2.07. The van der Waals surface area contributed by atoms with Crippen LogP contribution in [0.25, 0.3) is 5.69 Å². The molecule has 0 saturated carbocycles. The lowest BCUT2D eigenvalue weighted by atomic mass is 9.99. The molecule has 4 rings (SSSR count). The summed E-state index contributed by atoms with van der Waals surface area (Å²) in [6.07, 6.45) is 0. The molecule has 2 heterocycles. The minimum atomic E-state index is -4.23. The zero-order valence-corrected chi connectivity index (χ0v) is 17.5. The summed E-state index contributed by atoms with van der Waals surface area (Å²) in [5.74, 6) is -1.61. The van der Waals surface area contributed by atoms with Crippen molar-refractivity contribution in [2.45, 2.75) is 18.1 Å². The maximum atomic E-state index is 14.6. The van der Waals surface area contributed by atoms with Crippen LogP contribution in [0.5, 0.6) is 0 Å². The number of fused-ring (bicyclic) bond motifs is 3. The lowest BCUT2D eigenvalue weighted by molar-refractivity contribution is 0.578. The fraction of sp³-hybridized carbons (Fsp3) is 0.118. The van der Waals surface area contributed by atoms with Crippen molar-refractivity contribution in [3.8, 4) is 5.69 Å². The summed E-state index contributed by atoms with van der Waals surface area (Å²) in [6, 6.07) is 5.46. The van der Waals surface area contributed by atoms with Gasteiger partial charge in [-0.2, -0.15) is 4.98 Å². The lowest BCUT2D eigenvalue weighted by Crippen LogP contribution is -2.13. The van der Waals surface area contributed by atoms with E-state index in [0.29, 0.717) is 0 Å². The predicted molar refractivity (Wildman–Crippen MR) is 105 cm³/mol. The minimum absolute atomic E-state index is 0.0311. The van der Waals surface area contributed by atoms with E-state index in [9.17, 15) is 17.2 Å². The van der Waals surface area contributed by atoms with Gasteiger partial charge in [0.25, 0.3) is 14.2 Å². The summed E-state index contributed by atoms with van der Waals surface area (Å²) in [7, 11) is 1.14. The van der Waals surface area contributed by atoms with Crippen LogP contribution in [0.1, 0.15) is 29.9 Å². The SMILES string of the molecule is CC1N=C(c2c(F)cccc2F)c2c(ccc(Cl)c2Cl)-n2nc(S(=O)(=O)Cl)nc21. The summed E-state index contributed by atoms with van der Waals surface area (Å²) in [5, 5.41) is 3.39. The summed E-state index contributed by atoms with van der Waals surface area (Å²) >= 11 is 12.5. The molecule has 12 heteroatoms. The Morgan fingerprint density at radius 2 is 1.72 bits per heavy atom. The summed E-state index contributed by atoms with van der Waals surface area (Å²) in [4.78, 5) is 8.33. The van der Waals surface area contributed by atoms with Crippen molar-refractivity contribution < 1.29 is 17.2 Å². The van der Waals surface area contributed by atoms with Crippen LogP contribution in [0.3, 0.4) is 0 Å². The van der Waals surface area contributed by atoms with Gasteiger partial charge in [-0.3, -0.25) is 4.99 Å². The van der Waals surface area contributed by atoms with Crippen molar-refractivity contribution in [1.29, 1.82) is 0 Å². The van der Waals surface area contributed by atoms with Crippen LogP contribution >= 0.6 is 33.9 Å². The second-order valence-corrected chi connectivity index (χ2v) is 9.35. The molecule has 1 aromatic heterocycles. The highest BCUT2D eigenvalue weighted by atomic mass is 35.7. The largest absolute Gasteiger partial charge is 0.298 e. The Balaban J connectivity index is 2.12. The van der Waals surface area contributed by atoms with E-state index < -0.39 is 37.4 Å². The monoisotopic (exact) mass is 476 g/mol. The standard InChI is InChI=1S/C17H9Cl3F2N4O2S/c1-7-16-24-17(29(20,27)28)25-26(16)11-6-5-8(18)14(19)13(11)15(23-7)12-9(21)3-2-4-10(12)22/h2-7H,1H3. The smallest absolute Gasteiger partial charge is 0.273 e. The summed E-state index contributed by atoms with van der Waals surface area (Å²) in [5.41, 5.74) is -0.227. The van der Waals surface area contributed by atoms with Crippen LogP contribution in [0.2, 0.25) is 10.0 Å². The first-order valence-corrected chi connectivity index (χ1v) is 11.1. The third kappa shape index (κ3) is 3.31. The molecule has 6 nitrogen and oxygen atoms in total. The van der Waals surface area contributed by atoms with E-state index in [4.69, 9.17) is 33.9 Å². The molecule has 0 radical (unpaired) electrons. The minimum Gasteiger partial charge on any atom is -0.273 e. The number of halogens is 5. The Kier molecular flexibility index (Phi) is 4.89. The van der Waals surface area contributed by atoms with Gasteiger partial charge < -0.3 is 0 Å². The molecule has 1 aliphatic rings. The summed E-state index contributed by atoms with van der Waals surface area (Å²) < 4.78 is 53.7. The number of rotatable bonds is 2. The number of benzene rings is 2. The molecule has 0 aliphatic carbocycles. The van der Waals surface area contributed by atoms with E-state index in [-0.39, 0.29) is 32.8 Å². The van der Waals surface area contributed by atoms with Crippen LogP contribution in [-0.2, 0) is 9.05 Å². The first-order valence-electron chi connectivity index (χ1n) is 8.02. The lowest BCUT2D eigenvalue weighted by Gasteiger charge is -2.14. The van der Waals surface area contributed by atoms with E-state index in [1.165, 1.54) is 22.9 Å². The van der Waals surface area contributed by atoms with Crippen molar-refractivity contribution in [3.05, 3.63) is 69.0 Å². The molecule has 1 unspecified atom stereocenters. The normalized spacial score (nSPS) is 16.1. The number of hydrogen-bond donors (Lipinski definition) is 0. The van der Waals surface area contributed by atoms with Crippen LogP contribution in [-0.4, -0.2) is 28.9 Å². The van der Waals surface area contributed by atoms with Gasteiger partial charge in [-0.15, -0.1) is 5.10 Å². The van der Waals surface area contributed by atoms with Gasteiger partial charge in [-0.25, -0.2) is 21.9 Å². The summed E-state index contributed by atoms with van der Waals surface area (Å²) in [6.45, 7) is 1.56. The Bertz CT molecular complexity index is 1290. The maximum absolute atomic E-state index is 14.6. The van der Waals surface area contributed by atoms with Gasteiger partial charge in [0, 0.05) is 16.2 Å². The first kappa shape index (κ1) is 20.2. The van der Waals surface area contributed by atoms with Gasteiger partial charge >= 0.3 is 0 Å². The van der Waals surface area contributed by atoms with E-state index in [1.807, 2.05) is 0 Å². The fourth-order valence-electron chi connectivity index (χ4n) is 3.03. The van der Waals surface area contributed by atoms with Gasteiger partial charge in [-0.05, 0) is 31.2 Å². The quantitative estimate of drug-likeness (QED) is 0.502. The van der Waals surface area contributed by atoms with Crippen LogP contribution < -0.4 is 0 Å². The zero-order valence-electron chi connectivity index (χ0n) is 14.4. The molecular weight excluding hydrogens is 469 g/mol. The van der Waals surface area contributed by atoms with Crippen molar-refractivity contribution in [3.63, 3.8) is 0 Å².